The second kappa shape index (κ2) is 9.70. The first kappa shape index (κ1) is 21.0. The van der Waals surface area contributed by atoms with Crippen LogP contribution >= 0.6 is 0 Å². The molecular formula is C25H22N4O3. The number of anilines is 2. The summed E-state index contributed by atoms with van der Waals surface area (Å²) >= 11 is 0. The normalized spacial score (nSPS) is 10.6. The summed E-state index contributed by atoms with van der Waals surface area (Å²) in [7, 11) is 0. The Morgan fingerprint density at radius 1 is 0.750 bits per heavy atom. The van der Waals surface area contributed by atoms with Crippen LogP contribution in [-0.4, -0.2) is 22.0 Å². The van der Waals surface area contributed by atoms with Crippen molar-refractivity contribution in [2.24, 2.45) is 0 Å². The van der Waals surface area contributed by atoms with E-state index in [-0.39, 0.29) is 30.2 Å². The van der Waals surface area contributed by atoms with E-state index in [1.165, 1.54) is 0 Å². The summed E-state index contributed by atoms with van der Waals surface area (Å²) in [4.78, 5) is 36.3. The van der Waals surface area contributed by atoms with Gasteiger partial charge in [-0.2, -0.15) is 5.10 Å². The first-order valence-electron chi connectivity index (χ1n) is 10.3. The number of para-hydroxylation sites is 1. The van der Waals surface area contributed by atoms with Gasteiger partial charge in [0.05, 0.1) is 11.1 Å². The van der Waals surface area contributed by atoms with Gasteiger partial charge in [0.25, 0.3) is 5.56 Å². The van der Waals surface area contributed by atoms with Crippen LogP contribution in [0.4, 0.5) is 11.4 Å². The number of nitrogens with zero attached hydrogens (tertiary/aromatic N) is 1. The molecule has 0 aliphatic heterocycles. The molecule has 0 bridgehead atoms. The van der Waals surface area contributed by atoms with Crippen LogP contribution in [0.3, 0.4) is 0 Å². The molecule has 0 fully saturated rings. The van der Waals surface area contributed by atoms with E-state index < -0.39 is 0 Å². The van der Waals surface area contributed by atoms with E-state index >= 15 is 0 Å². The molecule has 160 valence electrons. The fraction of sp³-hybridized carbons (Fsp3) is 0.120. The molecule has 4 rings (SSSR count). The molecule has 2 amide bonds. The zero-order valence-corrected chi connectivity index (χ0v) is 17.3. The summed E-state index contributed by atoms with van der Waals surface area (Å²) in [6.07, 6.45) is 0.670. The van der Waals surface area contributed by atoms with E-state index in [1.807, 2.05) is 54.6 Å². The number of rotatable bonds is 7. The number of carbonyl (C=O) groups excluding carboxylic acids is 2. The van der Waals surface area contributed by atoms with Gasteiger partial charge in [-0.05, 0) is 35.9 Å². The van der Waals surface area contributed by atoms with Crippen LogP contribution < -0.4 is 16.2 Å². The highest BCUT2D eigenvalue weighted by Gasteiger charge is 2.10. The van der Waals surface area contributed by atoms with E-state index in [1.54, 1.807) is 24.3 Å². The average molecular weight is 426 g/mol. The lowest BCUT2D eigenvalue weighted by Crippen LogP contribution is -2.17. The predicted molar refractivity (Wildman–Crippen MR) is 125 cm³/mol. The molecule has 0 radical (unpaired) electrons. The average Bonchev–Trinajstić information content (AvgIpc) is 2.81. The molecule has 32 heavy (non-hydrogen) atoms. The number of nitrogens with one attached hydrogen (secondary N) is 3. The van der Waals surface area contributed by atoms with Crippen LogP contribution in [0.2, 0.25) is 0 Å². The van der Waals surface area contributed by atoms with Crippen molar-refractivity contribution in [2.45, 2.75) is 19.3 Å². The summed E-state index contributed by atoms with van der Waals surface area (Å²) in [6, 6.07) is 23.9. The lowest BCUT2D eigenvalue weighted by atomic mass is 10.0. The Balaban J connectivity index is 1.37. The van der Waals surface area contributed by atoms with Crippen molar-refractivity contribution < 1.29 is 9.59 Å². The minimum Gasteiger partial charge on any atom is -0.326 e. The molecule has 0 unspecified atom stereocenters. The molecule has 0 saturated heterocycles. The maximum atomic E-state index is 12.3. The van der Waals surface area contributed by atoms with Gasteiger partial charge >= 0.3 is 0 Å². The zero-order valence-electron chi connectivity index (χ0n) is 17.3. The van der Waals surface area contributed by atoms with E-state index in [0.717, 1.165) is 16.6 Å². The smallest absolute Gasteiger partial charge is 0.272 e. The third kappa shape index (κ3) is 5.26. The van der Waals surface area contributed by atoms with Crippen LogP contribution in [0.5, 0.6) is 0 Å². The quantitative estimate of drug-likeness (QED) is 0.417. The van der Waals surface area contributed by atoms with Crippen molar-refractivity contribution in [3.05, 3.63) is 100 Å². The minimum absolute atomic E-state index is 0.0784. The fourth-order valence-electron chi connectivity index (χ4n) is 3.45. The van der Waals surface area contributed by atoms with Crippen LogP contribution in [0.15, 0.2) is 83.7 Å². The molecule has 0 saturated carbocycles. The monoisotopic (exact) mass is 426 g/mol. The van der Waals surface area contributed by atoms with Crippen molar-refractivity contribution in [1.82, 2.24) is 10.2 Å². The van der Waals surface area contributed by atoms with Gasteiger partial charge in [0.15, 0.2) is 0 Å². The molecule has 0 atom stereocenters. The Bertz CT molecular complexity index is 1320. The topological polar surface area (TPSA) is 104 Å². The number of aromatic nitrogens is 2. The molecule has 0 spiro atoms. The van der Waals surface area contributed by atoms with Crippen molar-refractivity contribution >= 4 is 34.0 Å². The highest BCUT2D eigenvalue weighted by molar-refractivity contribution is 5.96. The van der Waals surface area contributed by atoms with Crippen molar-refractivity contribution in [3.8, 4) is 0 Å². The minimum atomic E-state index is -0.238. The lowest BCUT2D eigenvalue weighted by Gasteiger charge is -2.09. The largest absolute Gasteiger partial charge is 0.326 e. The molecule has 4 aromatic rings. The summed E-state index contributed by atoms with van der Waals surface area (Å²) in [5.41, 5.74) is 2.82. The second-order valence-electron chi connectivity index (χ2n) is 7.38. The maximum Gasteiger partial charge on any atom is 0.272 e. The van der Waals surface area contributed by atoms with E-state index in [4.69, 9.17) is 0 Å². The number of hydrogen-bond donors (Lipinski definition) is 3. The number of carbonyl (C=O) groups is 2. The van der Waals surface area contributed by atoms with Crippen LogP contribution in [-0.2, 0) is 16.0 Å². The highest BCUT2D eigenvalue weighted by Crippen LogP contribution is 2.19. The maximum absolute atomic E-state index is 12.3. The standard InChI is InChI=1S/C25H22N4O3/c30-23(26-18-8-2-1-3-9-18)13-14-24(31)27-19-10-6-7-17(15-19)16-22-20-11-4-5-12-21(20)25(32)29-28-22/h1-12,15H,13-14,16H2,(H,26,30)(H,27,31)(H,29,32). The Morgan fingerprint density at radius 3 is 2.12 bits per heavy atom. The van der Waals surface area contributed by atoms with Gasteiger partial charge in [-0.25, -0.2) is 5.10 Å². The van der Waals surface area contributed by atoms with Crippen molar-refractivity contribution in [2.75, 3.05) is 10.6 Å². The third-order valence-corrected chi connectivity index (χ3v) is 4.99. The molecule has 7 nitrogen and oxygen atoms in total. The number of fused-ring (bicyclic) bond motifs is 1. The number of benzene rings is 3. The van der Waals surface area contributed by atoms with Gasteiger partial charge in [-0.15, -0.1) is 0 Å². The summed E-state index contributed by atoms with van der Waals surface area (Å²) in [5, 5.41) is 13.7. The molecule has 1 heterocycles. The van der Waals surface area contributed by atoms with E-state index in [2.05, 4.69) is 20.8 Å². The van der Waals surface area contributed by atoms with Crippen LogP contribution in [0, 0.1) is 0 Å². The van der Waals surface area contributed by atoms with Crippen LogP contribution in [0.25, 0.3) is 10.8 Å². The number of aromatic amines is 1. The molecule has 3 aromatic carbocycles. The summed E-state index contributed by atoms with van der Waals surface area (Å²) in [6.45, 7) is 0. The lowest BCUT2D eigenvalue weighted by molar-refractivity contribution is -0.121. The van der Waals surface area contributed by atoms with E-state index in [9.17, 15) is 14.4 Å². The van der Waals surface area contributed by atoms with Gasteiger partial charge in [-0.3, -0.25) is 14.4 Å². The number of H-pyrrole nitrogens is 1. The molecule has 3 N–H and O–H groups in total. The Labute approximate surface area is 184 Å². The first-order valence-corrected chi connectivity index (χ1v) is 10.3. The molecular weight excluding hydrogens is 404 g/mol. The Kier molecular flexibility index (Phi) is 6.36. The molecule has 1 aromatic heterocycles. The summed E-state index contributed by atoms with van der Waals surface area (Å²) in [5.74, 6) is -0.450. The zero-order chi connectivity index (χ0) is 22.3. The third-order valence-electron chi connectivity index (χ3n) is 4.99. The van der Waals surface area contributed by atoms with Gasteiger partial charge in [0.1, 0.15) is 0 Å². The molecule has 0 aliphatic rings. The second-order valence-corrected chi connectivity index (χ2v) is 7.38. The highest BCUT2D eigenvalue weighted by atomic mass is 16.2. The Morgan fingerprint density at radius 2 is 1.38 bits per heavy atom. The summed E-state index contributed by atoms with van der Waals surface area (Å²) < 4.78 is 0. The SMILES string of the molecule is O=C(CCC(=O)Nc1cccc(Cc2n[nH]c(=O)c3ccccc23)c1)Nc1ccccc1. The predicted octanol–water partition coefficient (Wildman–Crippen LogP) is 3.87. The first-order chi connectivity index (χ1) is 15.6. The van der Waals surface area contributed by atoms with Crippen LogP contribution in [0.1, 0.15) is 24.1 Å². The van der Waals surface area contributed by atoms with Gasteiger partial charge in [-0.1, -0.05) is 48.5 Å². The number of amides is 2. The number of hydrogen-bond acceptors (Lipinski definition) is 4. The van der Waals surface area contributed by atoms with Gasteiger partial charge in [0.2, 0.25) is 11.8 Å². The van der Waals surface area contributed by atoms with Crippen molar-refractivity contribution in [1.29, 1.82) is 0 Å². The van der Waals surface area contributed by atoms with Gasteiger partial charge in [0, 0.05) is 36.0 Å². The Hall–Kier alpha value is -4.26. The van der Waals surface area contributed by atoms with Gasteiger partial charge < -0.3 is 10.6 Å². The fourth-order valence-corrected chi connectivity index (χ4v) is 3.45. The molecule has 0 aliphatic carbocycles. The molecule has 7 heteroatoms. The van der Waals surface area contributed by atoms with Crippen molar-refractivity contribution in [3.63, 3.8) is 0 Å². The van der Waals surface area contributed by atoms with E-state index in [0.29, 0.717) is 23.2 Å².